The Hall–Kier alpha value is -2.09. The lowest BCUT2D eigenvalue weighted by Gasteiger charge is -2.11. The SMILES string of the molecule is CCn1[nH]c(C2=CC(C#N)CC(F)=C2)cc1=O. The molecule has 0 fully saturated rings. The van der Waals surface area contributed by atoms with Gasteiger partial charge in [0.1, 0.15) is 5.83 Å². The van der Waals surface area contributed by atoms with Crippen molar-refractivity contribution >= 4 is 5.57 Å². The summed E-state index contributed by atoms with van der Waals surface area (Å²) in [6.45, 7) is 2.37. The maximum atomic E-state index is 13.3. The number of rotatable bonds is 2. The Morgan fingerprint density at radius 2 is 2.47 bits per heavy atom. The predicted octanol–water partition coefficient (Wildman–Crippen LogP) is 1.98. The van der Waals surface area contributed by atoms with E-state index in [4.69, 9.17) is 5.26 Å². The van der Waals surface area contributed by atoms with Crippen molar-refractivity contribution in [1.82, 2.24) is 9.78 Å². The van der Waals surface area contributed by atoms with E-state index in [2.05, 4.69) is 5.10 Å². The molecule has 0 saturated heterocycles. The van der Waals surface area contributed by atoms with Crippen LogP contribution in [0.15, 0.2) is 28.8 Å². The topological polar surface area (TPSA) is 61.6 Å². The Labute approximate surface area is 97.7 Å². The Morgan fingerprint density at radius 3 is 3.06 bits per heavy atom. The highest BCUT2D eigenvalue weighted by Crippen LogP contribution is 2.27. The highest BCUT2D eigenvalue weighted by atomic mass is 19.1. The standard InChI is InChI=1S/C12H12FN3O/c1-2-16-12(17)6-11(15-16)9-3-8(7-14)4-10(13)5-9/h3,5-6,8,15H,2,4H2,1H3. The Morgan fingerprint density at radius 1 is 1.71 bits per heavy atom. The van der Waals surface area contributed by atoms with Gasteiger partial charge in [-0.25, -0.2) is 4.39 Å². The summed E-state index contributed by atoms with van der Waals surface area (Å²) in [4.78, 5) is 11.5. The van der Waals surface area contributed by atoms with Gasteiger partial charge in [-0.15, -0.1) is 0 Å². The zero-order chi connectivity index (χ0) is 12.4. The largest absolute Gasteiger partial charge is 0.295 e. The van der Waals surface area contributed by atoms with Crippen LogP contribution in [-0.4, -0.2) is 9.78 Å². The van der Waals surface area contributed by atoms with Crippen molar-refractivity contribution in [1.29, 1.82) is 5.26 Å². The number of aromatic amines is 1. The highest BCUT2D eigenvalue weighted by Gasteiger charge is 2.17. The average molecular weight is 233 g/mol. The summed E-state index contributed by atoms with van der Waals surface area (Å²) in [5, 5.41) is 11.7. The molecule has 0 bridgehead atoms. The van der Waals surface area contributed by atoms with Crippen LogP contribution in [0.5, 0.6) is 0 Å². The third kappa shape index (κ3) is 2.21. The van der Waals surface area contributed by atoms with Crippen molar-refractivity contribution in [2.45, 2.75) is 19.9 Å². The second-order valence-electron chi connectivity index (χ2n) is 3.91. The zero-order valence-electron chi connectivity index (χ0n) is 9.40. The molecule has 1 aliphatic carbocycles. The molecule has 0 aromatic carbocycles. The summed E-state index contributed by atoms with van der Waals surface area (Å²) in [5.41, 5.74) is 0.952. The lowest BCUT2D eigenvalue weighted by atomic mass is 9.95. The molecule has 1 aromatic heterocycles. The van der Waals surface area contributed by atoms with Gasteiger partial charge in [-0.05, 0) is 18.6 Å². The minimum atomic E-state index is -0.469. The smallest absolute Gasteiger partial charge is 0.267 e. The molecule has 0 amide bonds. The third-order valence-electron chi connectivity index (χ3n) is 2.69. The quantitative estimate of drug-likeness (QED) is 0.848. The highest BCUT2D eigenvalue weighted by molar-refractivity contribution is 5.73. The number of aromatic nitrogens is 2. The fraction of sp³-hybridized carbons (Fsp3) is 0.333. The van der Waals surface area contributed by atoms with Gasteiger partial charge in [0.15, 0.2) is 0 Å². The van der Waals surface area contributed by atoms with Crippen LogP contribution >= 0.6 is 0 Å². The Bertz CT molecular complexity index is 586. The zero-order valence-corrected chi connectivity index (χ0v) is 9.40. The number of hydrogen-bond donors (Lipinski definition) is 1. The van der Waals surface area contributed by atoms with Gasteiger partial charge in [-0.1, -0.05) is 6.08 Å². The van der Waals surface area contributed by atoms with Gasteiger partial charge in [0, 0.05) is 19.0 Å². The molecule has 1 heterocycles. The molecule has 1 aromatic rings. The van der Waals surface area contributed by atoms with Gasteiger partial charge in [-0.2, -0.15) is 5.26 Å². The van der Waals surface area contributed by atoms with Crippen LogP contribution < -0.4 is 5.56 Å². The minimum absolute atomic E-state index is 0.110. The number of halogens is 1. The van der Waals surface area contributed by atoms with E-state index in [0.717, 1.165) is 0 Å². The van der Waals surface area contributed by atoms with Crippen molar-refractivity contribution in [2.24, 2.45) is 5.92 Å². The summed E-state index contributed by atoms with van der Waals surface area (Å²) in [5.74, 6) is -0.803. The van der Waals surface area contributed by atoms with E-state index in [-0.39, 0.29) is 17.8 Å². The first-order valence-corrected chi connectivity index (χ1v) is 5.41. The van der Waals surface area contributed by atoms with E-state index in [1.165, 1.54) is 16.8 Å². The lowest BCUT2D eigenvalue weighted by Crippen LogP contribution is -2.13. The first kappa shape index (κ1) is 11.4. The number of nitrogens with zero attached hydrogens (tertiary/aromatic N) is 2. The van der Waals surface area contributed by atoms with Crippen LogP contribution in [0.1, 0.15) is 19.0 Å². The number of aryl methyl sites for hydroxylation is 1. The minimum Gasteiger partial charge on any atom is -0.295 e. The molecule has 5 heteroatoms. The molecular formula is C12H12FN3O. The molecular weight excluding hydrogens is 221 g/mol. The summed E-state index contributed by atoms with van der Waals surface area (Å²) in [6.07, 6.45) is 3.15. The third-order valence-corrected chi connectivity index (χ3v) is 2.69. The molecule has 0 saturated carbocycles. The fourth-order valence-corrected chi connectivity index (χ4v) is 1.83. The second-order valence-corrected chi connectivity index (χ2v) is 3.91. The molecule has 0 spiro atoms. The van der Waals surface area contributed by atoms with Crippen molar-refractivity contribution in [3.05, 3.63) is 40.1 Å². The van der Waals surface area contributed by atoms with Crippen LogP contribution in [0.2, 0.25) is 0 Å². The first-order valence-electron chi connectivity index (χ1n) is 5.41. The van der Waals surface area contributed by atoms with Crippen molar-refractivity contribution < 1.29 is 4.39 Å². The number of nitrogens with one attached hydrogen (secondary N) is 1. The van der Waals surface area contributed by atoms with Gasteiger partial charge in [0.05, 0.1) is 17.7 Å². The van der Waals surface area contributed by atoms with Gasteiger partial charge in [-0.3, -0.25) is 14.6 Å². The fourth-order valence-electron chi connectivity index (χ4n) is 1.83. The van der Waals surface area contributed by atoms with E-state index >= 15 is 0 Å². The van der Waals surface area contributed by atoms with Crippen molar-refractivity contribution in [3.8, 4) is 6.07 Å². The monoisotopic (exact) mass is 233 g/mol. The van der Waals surface area contributed by atoms with E-state index in [1.807, 2.05) is 13.0 Å². The summed E-state index contributed by atoms with van der Waals surface area (Å²) < 4.78 is 14.7. The molecule has 17 heavy (non-hydrogen) atoms. The average Bonchev–Trinajstić information content (AvgIpc) is 2.69. The summed E-state index contributed by atoms with van der Waals surface area (Å²) in [6, 6.07) is 3.43. The van der Waals surface area contributed by atoms with Gasteiger partial charge in [0.2, 0.25) is 0 Å². The van der Waals surface area contributed by atoms with Crippen LogP contribution in [0.4, 0.5) is 4.39 Å². The second kappa shape index (κ2) is 4.42. The van der Waals surface area contributed by atoms with Gasteiger partial charge in [0.25, 0.3) is 5.56 Å². The van der Waals surface area contributed by atoms with Crippen LogP contribution in [-0.2, 0) is 6.54 Å². The molecule has 1 aliphatic rings. The Balaban J connectivity index is 2.42. The van der Waals surface area contributed by atoms with Crippen LogP contribution in [0, 0.1) is 17.2 Å². The molecule has 0 aliphatic heterocycles. The van der Waals surface area contributed by atoms with Gasteiger partial charge < -0.3 is 0 Å². The number of nitriles is 1. The first-order chi connectivity index (χ1) is 8.13. The maximum Gasteiger partial charge on any atom is 0.267 e. The van der Waals surface area contributed by atoms with Gasteiger partial charge >= 0.3 is 0 Å². The van der Waals surface area contributed by atoms with E-state index < -0.39 is 5.92 Å². The lowest BCUT2D eigenvalue weighted by molar-refractivity contribution is 0.560. The van der Waals surface area contributed by atoms with Crippen LogP contribution in [0.25, 0.3) is 5.57 Å². The molecule has 1 unspecified atom stereocenters. The normalized spacial score (nSPS) is 19.5. The molecule has 4 nitrogen and oxygen atoms in total. The molecule has 0 radical (unpaired) electrons. The van der Waals surface area contributed by atoms with E-state index in [9.17, 15) is 9.18 Å². The van der Waals surface area contributed by atoms with E-state index in [1.54, 1.807) is 6.08 Å². The van der Waals surface area contributed by atoms with Crippen molar-refractivity contribution in [2.75, 3.05) is 0 Å². The van der Waals surface area contributed by atoms with E-state index in [0.29, 0.717) is 17.8 Å². The maximum absolute atomic E-state index is 13.3. The van der Waals surface area contributed by atoms with Crippen molar-refractivity contribution in [3.63, 3.8) is 0 Å². The molecule has 1 N–H and O–H groups in total. The van der Waals surface area contributed by atoms with Crippen LogP contribution in [0.3, 0.4) is 0 Å². The Kier molecular flexibility index (Phi) is 2.96. The molecule has 2 rings (SSSR count). The summed E-state index contributed by atoms with van der Waals surface area (Å²) >= 11 is 0. The number of allylic oxidation sites excluding steroid dienone is 4. The summed E-state index contributed by atoms with van der Waals surface area (Å²) in [7, 11) is 0. The number of hydrogen-bond acceptors (Lipinski definition) is 2. The number of H-pyrrole nitrogens is 1. The molecule has 88 valence electrons. The predicted molar refractivity (Wildman–Crippen MR) is 61.6 cm³/mol. The molecule has 1 atom stereocenters.